The number of halogens is 1. The molecule has 22 heavy (non-hydrogen) atoms. The molecule has 0 atom stereocenters. The molecule has 0 aliphatic carbocycles. The van der Waals surface area contributed by atoms with Crippen molar-refractivity contribution in [3.05, 3.63) is 53.1 Å². The molecule has 0 bridgehead atoms. The minimum absolute atomic E-state index is 0.0443. The van der Waals surface area contributed by atoms with E-state index in [9.17, 15) is 4.79 Å². The number of nitrogens with one attached hydrogen (secondary N) is 1. The van der Waals surface area contributed by atoms with E-state index in [1.807, 2.05) is 24.3 Å². The number of amides is 1. The Hall–Kier alpha value is -2.20. The second kappa shape index (κ2) is 6.71. The maximum Gasteiger partial charge on any atom is 0.224 e. The average molecular weight is 318 g/mol. The molecule has 114 valence electrons. The van der Waals surface area contributed by atoms with Crippen molar-refractivity contribution < 1.29 is 14.3 Å². The van der Waals surface area contributed by atoms with Crippen LogP contribution in [0.4, 0.5) is 5.69 Å². The van der Waals surface area contributed by atoms with Crippen LogP contribution in [0, 0.1) is 0 Å². The van der Waals surface area contributed by atoms with Crippen LogP contribution in [0.15, 0.2) is 42.5 Å². The summed E-state index contributed by atoms with van der Waals surface area (Å²) in [4.78, 5) is 12.0. The molecule has 0 saturated carbocycles. The van der Waals surface area contributed by atoms with Gasteiger partial charge in [-0.05, 0) is 42.3 Å². The monoisotopic (exact) mass is 317 g/mol. The van der Waals surface area contributed by atoms with Crippen LogP contribution >= 0.6 is 11.6 Å². The van der Waals surface area contributed by atoms with Gasteiger partial charge in [0.25, 0.3) is 0 Å². The molecule has 2 aromatic carbocycles. The van der Waals surface area contributed by atoms with E-state index >= 15 is 0 Å². The molecular weight excluding hydrogens is 302 g/mol. The van der Waals surface area contributed by atoms with Crippen LogP contribution in [0.1, 0.15) is 12.0 Å². The van der Waals surface area contributed by atoms with Crippen LogP contribution in [0.3, 0.4) is 0 Å². The summed E-state index contributed by atoms with van der Waals surface area (Å²) in [5, 5.41) is 3.44. The van der Waals surface area contributed by atoms with Gasteiger partial charge in [0.15, 0.2) is 11.5 Å². The lowest BCUT2D eigenvalue weighted by molar-refractivity contribution is -0.116. The Labute approximate surface area is 134 Å². The van der Waals surface area contributed by atoms with Crippen molar-refractivity contribution in [3.63, 3.8) is 0 Å². The van der Waals surface area contributed by atoms with Crippen molar-refractivity contribution in [1.82, 2.24) is 0 Å². The van der Waals surface area contributed by atoms with E-state index in [1.165, 1.54) is 0 Å². The van der Waals surface area contributed by atoms with Crippen LogP contribution in [0.25, 0.3) is 0 Å². The molecule has 5 heteroatoms. The molecule has 4 nitrogen and oxygen atoms in total. The molecule has 0 fully saturated rings. The fourth-order valence-corrected chi connectivity index (χ4v) is 2.48. The van der Waals surface area contributed by atoms with Crippen molar-refractivity contribution in [3.8, 4) is 11.5 Å². The summed E-state index contributed by atoms with van der Waals surface area (Å²) < 4.78 is 11.0. The van der Waals surface area contributed by atoms with Gasteiger partial charge in [0.05, 0.1) is 0 Å². The summed E-state index contributed by atoms with van der Waals surface area (Å²) >= 11 is 5.89. The van der Waals surface area contributed by atoms with Crippen molar-refractivity contribution in [1.29, 1.82) is 0 Å². The predicted molar refractivity (Wildman–Crippen MR) is 85.8 cm³/mol. The predicted octanol–water partition coefficient (Wildman–Crippen LogP) is 3.68. The summed E-state index contributed by atoms with van der Waals surface area (Å²) in [7, 11) is 0. The maximum atomic E-state index is 12.0. The largest absolute Gasteiger partial charge is 0.486 e. The molecule has 0 unspecified atom stereocenters. The van der Waals surface area contributed by atoms with E-state index in [-0.39, 0.29) is 5.91 Å². The number of ether oxygens (including phenoxy) is 2. The highest BCUT2D eigenvalue weighted by atomic mass is 35.5. The number of anilines is 1. The molecular formula is C17H16ClNO3. The number of rotatable bonds is 4. The molecule has 0 saturated heterocycles. The highest BCUT2D eigenvalue weighted by Crippen LogP contribution is 2.31. The van der Waals surface area contributed by atoms with Gasteiger partial charge in [-0.1, -0.05) is 23.7 Å². The highest BCUT2D eigenvalue weighted by molar-refractivity contribution is 6.30. The third-order valence-electron chi connectivity index (χ3n) is 3.36. The van der Waals surface area contributed by atoms with Crippen LogP contribution in [-0.2, 0) is 11.2 Å². The van der Waals surface area contributed by atoms with Gasteiger partial charge < -0.3 is 14.8 Å². The first-order valence-electron chi connectivity index (χ1n) is 7.15. The molecule has 1 amide bonds. The molecule has 1 aliphatic rings. The molecule has 1 aliphatic heterocycles. The van der Waals surface area contributed by atoms with Gasteiger partial charge in [0, 0.05) is 17.1 Å². The van der Waals surface area contributed by atoms with Gasteiger partial charge in [-0.15, -0.1) is 0 Å². The molecule has 3 rings (SSSR count). The first kappa shape index (κ1) is 14.7. The zero-order valence-corrected chi connectivity index (χ0v) is 12.7. The fraction of sp³-hybridized carbons (Fsp3) is 0.235. The van der Waals surface area contributed by atoms with Gasteiger partial charge in [0.1, 0.15) is 13.2 Å². The number of aryl methyl sites for hydroxylation is 1. The fourth-order valence-electron chi connectivity index (χ4n) is 2.29. The van der Waals surface area contributed by atoms with Gasteiger partial charge in [-0.3, -0.25) is 4.79 Å². The minimum Gasteiger partial charge on any atom is -0.486 e. The quantitative estimate of drug-likeness (QED) is 0.935. The number of benzene rings is 2. The summed E-state index contributed by atoms with van der Waals surface area (Å²) in [6, 6.07) is 12.9. The first-order chi connectivity index (χ1) is 10.7. The lowest BCUT2D eigenvalue weighted by atomic mass is 10.1. The molecule has 1 heterocycles. The smallest absolute Gasteiger partial charge is 0.224 e. The van der Waals surface area contributed by atoms with Crippen LogP contribution in [0.5, 0.6) is 11.5 Å². The minimum atomic E-state index is -0.0443. The molecule has 0 spiro atoms. The zero-order chi connectivity index (χ0) is 15.4. The van der Waals surface area contributed by atoms with Crippen LogP contribution in [-0.4, -0.2) is 19.1 Å². The van der Waals surface area contributed by atoms with E-state index in [0.717, 1.165) is 17.1 Å². The molecule has 0 radical (unpaired) electrons. The second-order valence-corrected chi connectivity index (χ2v) is 5.47. The van der Waals surface area contributed by atoms with Gasteiger partial charge in [-0.2, -0.15) is 0 Å². The molecule has 0 aromatic heterocycles. The Kier molecular flexibility index (Phi) is 4.49. The normalized spacial score (nSPS) is 12.8. The van der Waals surface area contributed by atoms with Crippen LogP contribution in [0.2, 0.25) is 5.02 Å². The Bertz CT molecular complexity index is 687. The van der Waals surface area contributed by atoms with Crippen molar-refractivity contribution in [2.24, 2.45) is 0 Å². The highest BCUT2D eigenvalue weighted by Gasteiger charge is 2.12. The lowest BCUT2D eigenvalue weighted by Crippen LogP contribution is -2.15. The Morgan fingerprint density at radius 1 is 1.09 bits per heavy atom. The van der Waals surface area contributed by atoms with Crippen molar-refractivity contribution in [2.45, 2.75) is 12.8 Å². The Morgan fingerprint density at radius 2 is 1.91 bits per heavy atom. The third-order valence-corrected chi connectivity index (χ3v) is 3.59. The van der Waals surface area contributed by atoms with Gasteiger partial charge >= 0.3 is 0 Å². The van der Waals surface area contributed by atoms with Crippen molar-refractivity contribution >= 4 is 23.2 Å². The van der Waals surface area contributed by atoms with E-state index in [1.54, 1.807) is 18.2 Å². The SMILES string of the molecule is O=C(CCc1ccc2c(c1)OCCO2)Nc1cccc(Cl)c1. The van der Waals surface area contributed by atoms with E-state index in [4.69, 9.17) is 21.1 Å². The van der Waals surface area contributed by atoms with Gasteiger partial charge in [-0.25, -0.2) is 0 Å². The topological polar surface area (TPSA) is 47.6 Å². The summed E-state index contributed by atoms with van der Waals surface area (Å²) in [6.45, 7) is 1.14. The summed E-state index contributed by atoms with van der Waals surface area (Å²) in [5.41, 5.74) is 1.75. The number of fused-ring (bicyclic) bond motifs is 1. The maximum absolute atomic E-state index is 12.0. The zero-order valence-electron chi connectivity index (χ0n) is 12.0. The third kappa shape index (κ3) is 3.71. The number of carbonyl (C=O) groups is 1. The standard InChI is InChI=1S/C17H16ClNO3/c18-13-2-1-3-14(11-13)19-17(20)7-5-12-4-6-15-16(10-12)22-9-8-21-15/h1-4,6,10-11H,5,7-9H2,(H,19,20). The van der Waals surface area contributed by atoms with E-state index < -0.39 is 0 Å². The second-order valence-electron chi connectivity index (χ2n) is 5.04. The average Bonchev–Trinajstić information content (AvgIpc) is 2.53. The Morgan fingerprint density at radius 3 is 2.73 bits per heavy atom. The number of hydrogen-bond donors (Lipinski definition) is 1. The van der Waals surface area contributed by atoms with Crippen LogP contribution < -0.4 is 14.8 Å². The number of carbonyl (C=O) groups excluding carboxylic acids is 1. The Balaban J connectivity index is 1.57. The summed E-state index contributed by atoms with van der Waals surface area (Å²) in [5.74, 6) is 1.47. The summed E-state index contributed by atoms with van der Waals surface area (Å²) in [6.07, 6.45) is 1.04. The first-order valence-corrected chi connectivity index (χ1v) is 7.52. The van der Waals surface area contributed by atoms with E-state index in [2.05, 4.69) is 5.32 Å². The van der Waals surface area contributed by atoms with E-state index in [0.29, 0.717) is 36.8 Å². The van der Waals surface area contributed by atoms with Crippen molar-refractivity contribution in [2.75, 3.05) is 18.5 Å². The molecule has 2 aromatic rings. The molecule has 1 N–H and O–H groups in total. The number of hydrogen-bond acceptors (Lipinski definition) is 3. The lowest BCUT2D eigenvalue weighted by Gasteiger charge is -2.18. The van der Waals surface area contributed by atoms with Gasteiger partial charge in [0.2, 0.25) is 5.91 Å².